The first-order valence-electron chi connectivity index (χ1n) is 7.30. The maximum absolute atomic E-state index is 12.1. The van der Waals surface area contributed by atoms with Gasteiger partial charge in [-0.3, -0.25) is 4.79 Å². The van der Waals surface area contributed by atoms with E-state index < -0.39 is 0 Å². The van der Waals surface area contributed by atoms with Crippen molar-refractivity contribution < 1.29 is 14.6 Å². The quantitative estimate of drug-likeness (QED) is 0.853. The Morgan fingerprint density at radius 1 is 1.22 bits per heavy atom. The highest BCUT2D eigenvalue weighted by Gasteiger charge is 2.23. The predicted molar refractivity (Wildman–Crippen MR) is 88.4 cm³/mol. The monoisotopic (exact) mass is 308 g/mol. The molecule has 0 aromatic heterocycles. The molecule has 3 rings (SSSR count). The molecule has 1 heterocycles. The zero-order chi connectivity index (χ0) is 16.2. The summed E-state index contributed by atoms with van der Waals surface area (Å²) in [5.74, 6) is 0.204. The first kappa shape index (κ1) is 14.8. The van der Waals surface area contributed by atoms with Crippen molar-refractivity contribution in [3.8, 4) is 11.5 Å². The van der Waals surface area contributed by atoms with Crippen LogP contribution in [0.5, 0.6) is 11.5 Å². The molecule has 0 saturated heterocycles. The first-order chi connectivity index (χ1) is 11.2. The number of nitrogens with zero attached hydrogens (tertiary/aromatic N) is 1. The number of phenols is 1. The molecule has 2 N–H and O–H groups in total. The Morgan fingerprint density at radius 2 is 2.00 bits per heavy atom. The van der Waals surface area contributed by atoms with E-state index in [0.717, 1.165) is 11.1 Å². The number of amides is 1. The summed E-state index contributed by atoms with van der Waals surface area (Å²) in [6, 6.07) is 14.5. The maximum Gasteiger partial charge on any atom is 0.273 e. The van der Waals surface area contributed by atoms with Crippen molar-refractivity contribution in [2.45, 2.75) is 6.92 Å². The highest BCUT2D eigenvalue weighted by Crippen LogP contribution is 2.28. The number of hydrogen-bond acceptors (Lipinski definition) is 4. The van der Waals surface area contributed by atoms with Crippen molar-refractivity contribution in [3.05, 3.63) is 65.2 Å². The Hall–Kier alpha value is -3.08. The number of phenolic OH excluding ortho intramolecular Hbond substituents is 1. The summed E-state index contributed by atoms with van der Waals surface area (Å²) in [5.41, 5.74) is 5.18. The SMILES string of the molecule is CCOc1cc(/C=C2\C(=O)NN=C2c2ccccc2)ccc1O. The van der Waals surface area contributed by atoms with Crippen LogP contribution in [-0.4, -0.2) is 23.3 Å². The molecule has 0 fully saturated rings. The minimum Gasteiger partial charge on any atom is -0.504 e. The molecule has 0 spiro atoms. The van der Waals surface area contributed by atoms with Crippen LogP contribution in [0.3, 0.4) is 0 Å². The number of carbonyl (C=O) groups excluding carboxylic acids is 1. The van der Waals surface area contributed by atoms with E-state index in [2.05, 4.69) is 10.5 Å². The van der Waals surface area contributed by atoms with Gasteiger partial charge >= 0.3 is 0 Å². The molecule has 2 aromatic rings. The van der Waals surface area contributed by atoms with Crippen LogP contribution in [0, 0.1) is 0 Å². The molecule has 5 heteroatoms. The highest BCUT2D eigenvalue weighted by atomic mass is 16.5. The minimum atomic E-state index is -0.255. The lowest BCUT2D eigenvalue weighted by molar-refractivity contribution is -0.116. The van der Waals surface area contributed by atoms with Gasteiger partial charge in [0.25, 0.3) is 5.91 Å². The van der Waals surface area contributed by atoms with E-state index in [4.69, 9.17) is 4.74 Å². The summed E-state index contributed by atoms with van der Waals surface area (Å²) in [7, 11) is 0. The molecular weight excluding hydrogens is 292 g/mol. The molecule has 0 unspecified atom stereocenters. The molecule has 1 aliphatic rings. The van der Waals surface area contributed by atoms with Crippen molar-refractivity contribution in [1.29, 1.82) is 0 Å². The van der Waals surface area contributed by atoms with E-state index in [0.29, 0.717) is 23.6 Å². The minimum absolute atomic E-state index is 0.0711. The van der Waals surface area contributed by atoms with Gasteiger partial charge in [-0.25, -0.2) is 5.43 Å². The van der Waals surface area contributed by atoms with Gasteiger partial charge in [-0.2, -0.15) is 5.10 Å². The predicted octanol–water partition coefficient (Wildman–Crippen LogP) is 2.71. The van der Waals surface area contributed by atoms with Crippen LogP contribution in [0.4, 0.5) is 0 Å². The van der Waals surface area contributed by atoms with Crippen LogP contribution in [0.15, 0.2) is 59.2 Å². The molecule has 116 valence electrons. The zero-order valence-corrected chi connectivity index (χ0v) is 12.6. The van der Waals surface area contributed by atoms with Gasteiger partial charge in [0.05, 0.1) is 12.2 Å². The van der Waals surface area contributed by atoms with E-state index in [1.54, 1.807) is 24.3 Å². The van der Waals surface area contributed by atoms with Crippen LogP contribution in [-0.2, 0) is 4.79 Å². The lowest BCUT2D eigenvalue weighted by Crippen LogP contribution is -2.13. The van der Waals surface area contributed by atoms with Gasteiger partial charge in [0.1, 0.15) is 5.71 Å². The van der Waals surface area contributed by atoms with E-state index in [-0.39, 0.29) is 11.7 Å². The average molecular weight is 308 g/mol. The molecule has 0 radical (unpaired) electrons. The van der Waals surface area contributed by atoms with Crippen molar-refractivity contribution in [1.82, 2.24) is 5.43 Å². The van der Waals surface area contributed by atoms with Gasteiger partial charge in [-0.15, -0.1) is 0 Å². The summed E-state index contributed by atoms with van der Waals surface area (Å²) < 4.78 is 5.37. The molecule has 5 nitrogen and oxygen atoms in total. The molecule has 0 saturated carbocycles. The van der Waals surface area contributed by atoms with Gasteiger partial charge in [-0.05, 0) is 30.7 Å². The third kappa shape index (κ3) is 3.08. The highest BCUT2D eigenvalue weighted by molar-refractivity contribution is 6.33. The number of hydrogen-bond donors (Lipinski definition) is 2. The third-order valence-corrected chi connectivity index (χ3v) is 3.41. The Morgan fingerprint density at radius 3 is 2.74 bits per heavy atom. The van der Waals surface area contributed by atoms with Crippen LogP contribution >= 0.6 is 0 Å². The fraction of sp³-hybridized carbons (Fsp3) is 0.111. The summed E-state index contributed by atoms with van der Waals surface area (Å²) >= 11 is 0. The third-order valence-electron chi connectivity index (χ3n) is 3.41. The lowest BCUT2D eigenvalue weighted by Gasteiger charge is -2.07. The van der Waals surface area contributed by atoms with Gasteiger partial charge in [-0.1, -0.05) is 36.4 Å². The summed E-state index contributed by atoms with van der Waals surface area (Å²) in [6.07, 6.45) is 1.73. The van der Waals surface area contributed by atoms with Crippen molar-refractivity contribution in [2.24, 2.45) is 5.10 Å². The number of hydrazone groups is 1. The average Bonchev–Trinajstić information content (AvgIpc) is 2.93. The van der Waals surface area contributed by atoms with E-state index in [1.807, 2.05) is 37.3 Å². The fourth-order valence-electron chi connectivity index (χ4n) is 2.34. The molecule has 0 aliphatic carbocycles. The second-order valence-corrected chi connectivity index (χ2v) is 4.99. The smallest absolute Gasteiger partial charge is 0.273 e. The van der Waals surface area contributed by atoms with Crippen LogP contribution in [0.1, 0.15) is 18.1 Å². The van der Waals surface area contributed by atoms with Crippen LogP contribution in [0.2, 0.25) is 0 Å². The van der Waals surface area contributed by atoms with Gasteiger partial charge in [0.2, 0.25) is 0 Å². The summed E-state index contributed by atoms with van der Waals surface area (Å²) in [6.45, 7) is 2.29. The Bertz CT molecular complexity index is 795. The number of rotatable bonds is 4. The van der Waals surface area contributed by atoms with E-state index in [1.165, 1.54) is 0 Å². The maximum atomic E-state index is 12.1. The first-order valence-corrected chi connectivity index (χ1v) is 7.30. The lowest BCUT2D eigenvalue weighted by atomic mass is 10.0. The second-order valence-electron chi connectivity index (χ2n) is 4.99. The normalized spacial score (nSPS) is 15.4. The van der Waals surface area contributed by atoms with Crippen molar-refractivity contribution in [3.63, 3.8) is 0 Å². The number of carbonyl (C=O) groups is 1. The van der Waals surface area contributed by atoms with Gasteiger partial charge < -0.3 is 9.84 Å². The Kier molecular flexibility index (Phi) is 4.10. The topological polar surface area (TPSA) is 70.9 Å². The molecule has 2 aromatic carbocycles. The molecular formula is C18H16N2O3. The summed E-state index contributed by atoms with van der Waals surface area (Å²) in [5, 5.41) is 13.9. The standard InChI is InChI=1S/C18H16N2O3/c1-2-23-16-11-12(8-9-15(16)21)10-14-17(19-20-18(14)22)13-6-4-3-5-7-13/h3-11,21H,2H2,1H3,(H,20,22)/b14-10-. The van der Waals surface area contributed by atoms with Gasteiger partial charge in [0, 0.05) is 5.56 Å². The molecule has 23 heavy (non-hydrogen) atoms. The van der Waals surface area contributed by atoms with Crippen molar-refractivity contribution >= 4 is 17.7 Å². The Balaban J connectivity index is 1.99. The zero-order valence-electron chi connectivity index (χ0n) is 12.6. The van der Waals surface area contributed by atoms with E-state index in [9.17, 15) is 9.90 Å². The number of aromatic hydroxyl groups is 1. The second kappa shape index (κ2) is 6.36. The van der Waals surface area contributed by atoms with E-state index >= 15 is 0 Å². The number of ether oxygens (including phenoxy) is 1. The fourth-order valence-corrected chi connectivity index (χ4v) is 2.34. The number of nitrogens with one attached hydrogen (secondary N) is 1. The Labute approximate surface area is 133 Å². The molecule has 1 amide bonds. The van der Waals surface area contributed by atoms with Crippen molar-refractivity contribution in [2.75, 3.05) is 6.61 Å². The molecule has 0 atom stereocenters. The van der Waals surface area contributed by atoms with Crippen LogP contribution in [0.25, 0.3) is 6.08 Å². The van der Waals surface area contributed by atoms with Gasteiger partial charge in [0.15, 0.2) is 11.5 Å². The summed E-state index contributed by atoms with van der Waals surface area (Å²) in [4.78, 5) is 12.1. The van der Waals surface area contributed by atoms with Crippen LogP contribution < -0.4 is 10.2 Å². The molecule has 0 bridgehead atoms. The largest absolute Gasteiger partial charge is 0.504 e. The number of benzene rings is 2. The molecule has 1 aliphatic heterocycles.